The van der Waals surface area contributed by atoms with Crippen molar-refractivity contribution in [3.63, 3.8) is 0 Å². The molecule has 2 aliphatic rings. The predicted molar refractivity (Wildman–Crippen MR) is 125 cm³/mol. The van der Waals surface area contributed by atoms with E-state index < -0.39 is 23.2 Å². The molecule has 0 amide bonds. The molecule has 0 bridgehead atoms. The number of hydrogen-bond acceptors (Lipinski definition) is 4. The Hall–Kier alpha value is -3.17. The van der Waals surface area contributed by atoms with E-state index in [1.165, 1.54) is 36.4 Å². The first-order valence-electron chi connectivity index (χ1n) is 11.7. The number of anilines is 2. The number of piperidine rings is 1. The summed E-state index contributed by atoms with van der Waals surface area (Å²) in [6.07, 6.45) is -4.27. The van der Waals surface area contributed by atoms with Crippen LogP contribution in [0.25, 0.3) is 0 Å². The molecule has 9 heteroatoms. The van der Waals surface area contributed by atoms with E-state index in [-0.39, 0.29) is 30.3 Å². The van der Waals surface area contributed by atoms with Crippen LogP contribution in [-0.4, -0.2) is 42.3 Å². The van der Waals surface area contributed by atoms with Gasteiger partial charge in [0.25, 0.3) is 0 Å². The number of aliphatic hydroxyl groups is 1. The van der Waals surface area contributed by atoms with Crippen LogP contribution < -0.4 is 9.64 Å². The molecule has 0 spiro atoms. The lowest BCUT2D eigenvalue weighted by molar-refractivity contribution is -0.137. The highest BCUT2D eigenvalue weighted by atomic mass is 19.4. The molecular formula is C27H25F5N2O2. The number of ether oxygens (including phenoxy) is 1. The number of halogens is 5. The van der Waals surface area contributed by atoms with Gasteiger partial charge in [-0.3, -0.25) is 4.90 Å². The molecule has 3 aromatic rings. The van der Waals surface area contributed by atoms with E-state index >= 15 is 0 Å². The Bertz CT molecular complexity index is 1220. The highest BCUT2D eigenvalue weighted by Crippen LogP contribution is 2.40. The maximum atomic E-state index is 14.0. The summed E-state index contributed by atoms with van der Waals surface area (Å²) in [7, 11) is 0. The Kier molecular flexibility index (Phi) is 6.38. The summed E-state index contributed by atoms with van der Waals surface area (Å²) in [5.74, 6) is -0.407. The summed E-state index contributed by atoms with van der Waals surface area (Å²) in [4.78, 5) is 4.03. The second kappa shape index (κ2) is 9.37. The first-order valence-corrected chi connectivity index (χ1v) is 11.7. The average molecular weight is 504 g/mol. The number of likely N-dealkylation sites (tertiary alicyclic amines) is 1. The number of benzene rings is 3. The molecule has 0 radical (unpaired) electrons. The summed E-state index contributed by atoms with van der Waals surface area (Å²) in [6, 6.07) is 15.2. The lowest BCUT2D eigenvalue weighted by Gasteiger charge is -2.42. The third-order valence-electron chi connectivity index (χ3n) is 6.90. The Labute approximate surface area is 205 Å². The summed E-state index contributed by atoms with van der Waals surface area (Å²) in [6.45, 7) is 1.84. The van der Waals surface area contributed by atoms with Crippen LogP contribution in [0.15, 0.2) is 66.7 Å². The fourth-order valence-corrected chi connectivity index (χ4v) is 4.95. The fraction of sp³-hybridized carbons (Fsp3) is 0.333. The third kappa shape index (κ3) is 5.03. The Morgan fingerprint density at radius 2 is 1.61 bits per heavy atom. The van der Waals surface area contributed by atoms with Gasteiger partial charge in [-0.2, -0.15) is 13.2 Å². The van der Waals surface area contributed by atoms with Gasteiger partial charge in [-0.05, 0) is 66.9 Å². The van der Waals surface area contributed by atoms with E-state index in [1.54, 1.807) is 18.2 Å². The van der Waals surface area contributed by atoms with E-state index in [9.17, 15) is 27.1 Å². The normalized spacial score (nSPS) is 20.1. The van der Waals surface area contributed by atoms with Crippen LogP contribution in [0.3, 0.4) is 0 Å². The lowest BCUT2D eigenvalue weighted by atomic mass is 9.83. The number of hydrogen-bond donors (Lipinski definition) is 1. The van der Waals surface area contributed by atoms with Crippen molar-refractivity contribution < 1.29 is 31.8 Å². The summed E-state index contributed by atoms with van der Waals surface area (Å²) in [5.41, 5.74) is -0.441. The number of nitrogens with zero attached hydrogens (tertiary/aromatic N) is 2. The molecule has 2 aliphatic heterocycles. The molecule has 1 unspecified atom stereocenters. The minimum Gasteiger partial charge on any atom is -0.485 e. The van der Waals surface area contributed by atoms with Gasteiger partial charge in [0.15, 0.2) is 0 Å². The maximum absolute atomic E-state index is 14.0. The smallest absolute Gasteiger partial charge is 0.416 e. The van der Waals surface area contributed by atoms with Gasteiger partial charge < -0.3 is 14.7 Å². The van der Waals surface area contributed by atoms with E-state index in [1.807, 2.05) is 4.90 Å². The van der Waals surface area contributed by atoms with Crippen LogP contribution in [0.2, 0.25) is 0 Å². The van der Waals surface area contributed by atoms with Crippen molar-refractivity contribution in [1.82, 2.24) is 4.90 Å². The SMILES string of the molecule is OC1(c2cccc(C(F)(F)F)c2)CCN(CC2CN(c3ccc(F)cc3)c3ccc(F)cc3O2)CC1. The molecule has 1 saturated heterocycles. The fourth-order valence-electron chi connectivity index (χ4n) is 4.95. The molecule has 3 aromatic carbocycles. The summed E-state index contributed by atoms with van der Waals surface area (Å²) >= 11 is 0. The van der Waals surface area contributed by atoms with Crippen molar-refractivity contribution in [3.05, 3.63) is 89.5 Å². The van der Waals surface area contributed by atoms with Gasteiger partial charge in [0.1, 0.15) is 23.5 Å². The van der Waals surface area contributed by atoms with Crippen molar-refractivity contribution in [2.24, 2.45) is 0 Å². The van der Waals surface area contributed by atoms with Gasteiger partial charge in [0.05, 0.1) is 23.4 Å². The van der Waals surface area contributed by atoms with E-state index in [2.05, 4.69) is 4.90 Å². The second-order valence-electron chi connectivity index (χ2n) is 9.35. The molecule has 4 nitrogen and oxygen atoms in total. The van der Waals surface area contributed by atoms with Crippen LogP contribution >= 0.6 is 0 Å². The van der Waals surface area contributed by atoms with Crippen LogP contribution in [0.1, 0.15) is 24.0 Å². The molecule has 0 aliphatic carbocycles. The number of fused-ring (bicyclic) bond motifs is 1. The molecule has 36 heavy (non-hydrogen) atoms. The van der Waals surface area contributed by atoms with Gasteiger partial charge in [-0.25, -0.2) is 8.78 Å². The zero-order chi connectivity index (χ0) is 25.5. The molecule has 190 valence electrons. The number of rotatable bonds is 4. The zero-order valence-corrected chi connectivity index (χ0v) is 19.3. The molecule has 0 aromatic heterocycles. The largest absolute Gasteiger partial charge is 0.485 e. The maximum Gasteiger partial charge on any atom is 0.416 e. The van der Waals surface area contributed by atoms with Crippen molar-refractivity contribution in [2.45, 2.75) is 30.7 Å². The Morgan fingerprint density at radius 3 is 2.31 bits per heavy atom. The van der Waals surface area contributed by atoms with Crippen molar-refractivity contribution in [3.8, 4) is 5.75 Å². The van der Waals surface area contributed by atoms with Gasteiger partial charge in [0.2, 0.25) is 0 Å². The first kappa shape index (κ1) is 24.5. The van der Waals surface area contributed by atoms with Crippen molar-refractivity contribution >= 4 is 11.4 Å². The van der Waals surface area contributed by atoms with E-state index in [0.29, 0.717) is 37.6 Å². The second-order valence-corrected chi connectivity index (χ2v) is 9.35. The first-order chi connectivity index (χ1) is 17.1. The monoisotopic (exact) mass is 504 g/mol. The van der Waals surface area contributed by atoms with E-state index in [4.69, 9.17) is 4.74 Å². The Morgan fingerprint density at radius 1 is 0.917 bits per heavy atom. The molecule has 1 N–H and O–H groups in total. The van der Waals surface area contributed by atoms with Crippen molar-refractivity contribution in [1.29, 1.82) is 0 Å². The van der Waals surface area contributed by atoms with Crippen molar-refractivity contribution in [2.75, 3.05) is 31.1 Å². The van der Waals surface area contributed by atoms with Crippen LogP contribution in [0.5, 0.6) is 5.75 Å². The topological polar surface area (TPSA) is 35.9 Å². The minimum absolute atomic E-state index is 0.262. The highest BCUT2D eigenvalue weighted by molar-refractivity contribution is 5.70. The molecule has 0 saturated carbocycles. The molecule has 2 heterocycles. The van der Waals surface area contributed by atoms with Gasteiger partial charge in [-0.15, -0.1) is 0 Å². The standard InChI is InChI=1S/C27H25F5N2O2/c28-20-4-7-22(8-5-20)34-17-23(36-25-15-21(29)6-9-24(25)34)16-33-12-10-26(35,11-13-33)18-2-1-3-19(14-18)27(30,31)32/h1-9,14-15,23,35H,10-13,16-17H2. The Balaban J connectivity index is 1.29. The molecule has 1 atom stereocenters. The van der Waals surface area contributed by atoms with E-state index in [0.717, 1.165) is 17.8 Å². The molecular weight excluding hydrogens is 479 g/mol. The van der Waals surface area contributed by atoms with Crippen LogP contribution in [-0.2, 0) is 11.8 Å². The average Bonchev–Trinajstić information content (AvgIpc) is 2.85. The zero-order valence-electron chi connectivity index (χ0n) is 19.3. The minimum atomic E-state index is -4.47. The predicted octanol–water partition coefficient (Wildman–Crippen LogP) is 5.87. The third-order valence-corrected chi connectivity index (χ3v) is 6.90. The van der Waals surface area contributed by atoms with Crippen LogP contribution in [0, 0.1) is 11.6 Å². The highest BCUT2D eigenvalue weighted by Gasteiger charge is 2.38. The summed E-state index contributed by atoms with van der Waals surface area (Å²) < 4.78 is 72.9. The van der Waals surface area contributed by atoms with Crippen LogP contribution in [0.4, 0.5) is 33.3 Å². The molecule has 1 fully saturated rings. The quantitative estimate of drug-likeness (QED) is 0.451. The number of alkyl halides is 3. The van der Waals surface area contributed by atoms with Gasteiger partial charge in [0, 0.05) is 31.4 Å². The molecule has 5 rings (SSSR count). The van der Waals surface area contributed by atoms with Gasteiger partial charge >= 0.3 is 6.18 Å². The lowest BCUT2D eigenvalue weighted by Crippen LogP contribution is -2.49. The summed E-state index contributed by atoms with van der Waals surface area (Å²) in [5, 5.41) is 11.1. The van der Waals surface area contributed by atoms with Gasteiger partial charge in [-0.1, -0.05) is 12.1 Å².